The van der Waals surface area contributed by atoms with Gasteiger partial charge in [-0.1, -0.05) is 13.8 Å². The fraction of sp³-hybridized carbons (Fsp3) is 0.500. The van der Waals surface area contributed by atoms with Crippen molar-refractivity contribution in [2.75, 3.05) is 6.54 Å². The van der Waals surface area contributed by atoms with E-state index in [-0.39, 0.29) is 23.6 Å². The SMILES string of the molecule is Cc1nc(C(F)(F)F)ccc1C(=O)NCC(=O)N[C@@H](CC(C)C)C(=O)O. The van der Waals surface area contributed by atoms with Crippen molar-refractivity contribution < 1.29 is 32.7 Å². The first-order chi connectivity index (χ1) is 11.9. The van der Waals surface area contributed by atoms with Crippen LogP contribution in [0.2, 0.25) is 0 Å². The lowest BCUT2D eigenvalue weighted by molar-refractivity contribution is -0.142. The van der Waals surface area contributed by atoms with E-state index in [2.05, 4.69) is 15.6 Å². The second-order valence-corrected chi connectivity index (χ2v) is 6.10. The number of carboxylic acids is 1. The van der Waals surface area contributed by atoms with Crippen LogP contribution in [-0.4, -0.2) is 40.5 Å². The molecule has 7 nitrogen and oxygen atoms in total. The average Bonchev–Trinajstić information content (AvgIpc) is 2.50. The fourth-order valence-corrected chi connectivity index (χ4v) is 2.15. The third-order valence-electron chi connectivity index (χ3n) is 3.37. The Balaban J connectivity index is 2.68. The molecule has 10 heteroatoms. The Bertz CT molecular complexity index is 690. The van der Waals surface area contributed by atoms with Crippen molar-refractivity contribution in [3.05, 3.63) is 29.1 Å². The van der Waals surface area contributed by atoms with Gasteiger partial charge in [0.25, 0.3) is 5.91 Å². The number of pyridine rings is 1. The average molecular weight is 375 g/mol. The summed E-state index contributed by atoms with van der Waals surface area (Å²) in [5, 5.41) is 13.6. The van der Waals surface area contributed by atoms with E-state index in [0.29, 0.717) is 6.07 Å². The zero-order valence-corrected chi connectivity index (χ0v) is 14.5. The van der Waals surface area contributed by atoms with Gasteiger partial charge in [0.15, 0.2) is 0 Å². The Morgan fingerprint density at radius 3 is 2.31 bits per heavy atom. The van der Waals surface area contributed by atoms with E-state index < -0.39 is 42.2 Å². The number of carbonyl (C=O) groups is 3. The first-order valence-corrected chi connectivity index (χ1v) is 7.77. The number of carboxylic acid groups (broad SMARTS) is 1. The Morgan fingerprint density at radius 2 is 1.85 bits per heavy atom. The molecule has 3 N–H and O–H groups in total. The number of alkyl halides is 3. The molecule has 0 spiro atoms. The monoisotopic (exact) mass is 375 g/mol. The number of carbonyl (C=O) groups excluding carboxylic acids is 2. The maximum atomic E-state index is 12.6. The summed E-state index contributed by atoms with van der Waals surface area (Å²) < 4.78 is 37.7. The van der Waals surface area contributed by atoms with Gasteiger partial charge in [-0.2, -0.15) is 13.2 Å². The van der Waals surface area contributed by atoms with Gasteiger partial charge in [0.2, 0.25) is 5.91 Å². The zero-order valence-electron chi connectivity index (χ0n) is 14.5. The summed E-state index contributed by atoms with van der Waals surface area (Å²) in [7, 11) is 0. The third kappa shape index (κ3) is 6.34. The van der Waals surface area contributed by atoms with Gasteiger partial charge >= 0.3 is 12.1 Å². The topological polar surface area (TPSA) is 108 Å². The van der Waals surface area contributed by atoms with Gasteiger partial charge in [-0.15, -0.1) is 0 Å². The van der Waals surface area contributed by atoms with E-state index in [4.69, 9.17) is 5.11 Å². The summed E-state index contributed by atoms with van der Waals surface area (Å²) >= 11 is 0. The first kappa shape index (κ1) is 21.4. The number of hydrogen-bond acceptors (Lipinski definition) is 4. The van der Waals surface area contributed by atoms with Crippen LogP contribution in [0.25, 0.3) is 0 Å². The van der Waals surface area contributed by atoms with Crippen LogP contribution in [0.15, 0.2) is 12.1 Å². The molecule has 0 saturated carbocycles. The molecule has 0 fully saturated rings. The lowest BCUT2D eigenvalue weighted by atomic mass is 10.0. The minimum absolute atomic E-state index is 0.0341. The third-order valence-corrected chi connectivity index (χ3v) is 3.37. The molecule has 1 heterocycles. The molecule has 0 bridgehead atoms. The van der Waals surface area contributed by atoms with Crippen LogP contribution in [0.1, 0.15) is 42.0 Å². The highest BCUT2D eigenvalue weighted by molar-refractivity contribution is 5.97. The zero-order chi connectivity index (χ0) is 20.1. The molecule has 0 unspecified atom stereocenters. The Kier molecular flexibility index (Phi) is 7.10. The van der Waals surface area contributed by atoms with E-state index in [1.54, 1.807) is 13.8 Å². The summed E-state index contributed by atoms with van der Waals surface area (Å²) in [6.45, 7) is 4.32. The molecule has 0 saturated heterocycles. The molecule has 0 radical (unpaired) electrons. The summed E-state index contributed by atoms with van der Waals surface area (Å²) in [6.07, 6.45) is -4.40. The van der Waals surface area contributed by atoms with Gasteiger partial charge < -0.3 is 15.7 Å². The summed E-state index contributed by atoms with van der Waals surface area (Å²) in [4.78, 5) is 38.2. The number of aromatic nitrogens is 1. The van der Waals surface area contributed by atoms with E-state index in [0.717, 1.165) is 6.07 Å². The molecule has 1 atom stereocenters. The van der Waals surface area contributed by atoms with Gasteiger partial charge in [-0.3, -0.25) is 9.59 Å². The van der Waals surface area contributed by atoms with Crippen molar-refractivity contribution in [3.8, 4) is 0 Å². The largest absolute Gasteiger partial charge is 0.480 e. The molecule has 1 aromatic heterocycles. The molecule has 0 aliphatic heterocycles. The van der Waals surface area contributed by atoms with Crippen LogP contribution in [0, 0.1) is 12.8 Å². The number of aliphatic carboxylic acids is 1. The van der Waals surface area contributed by atoms with Gasteiger partial charge in [0.1, 0.15) is 11.7 Å². The lowest BCUT2D eigenvalue weighted by Gasteiger charge is -2.16. The van der Waals surface area contributed by atoms with Crippen molar-refractivity contribution in [2.24, 2.45) is 5.92 Å². The number of nitrogens with zero attached hydrogens (tertiary/aromatic N) is 1. The Hall–Kier alpha value is -2.65. The lowest BCUT2D eigenvalue weighted by Crippen LogP contribution is -2.46. The van der Waals surface area contributed by atoms with Crippen LogP contribution >= 0.6 is 0 Å². The standard InChI is InChI=1S/C16H20F3N3O4/c1-8(2)6-11(15(25)26)22-13(23)7-20-14(24)10-4-5-12(16(17,18)19)21-9(10)3/h4-5,8,11H,6-7H2,1-3H3,(H,20,24)(H,22,23)(H,25,26)/t11-/m0/s1. The first-order valence-electron chi connectivity index (χ1n) is 7.77. The number of aryl methyl sites for hydroxylation is 1. The van der Waals surface area contributed by atoms with E-state index >= 15 is 0 Å². The smallest absolute Gasteiger partial charge is 0.433 e. The quantitative estimate of drug-likeness (QED) is 0.673. The second-order valence-electron chi connectivity index (χ2n) is 6.10. The number of hydrogen-bond donors (Lipinski definition) is 3. The van der Waals surface area contributed by atoms with Crippen LogP contribution in [0.4, 0.5) is 13.2 Å². The number of nitrogens with one attached hydrogen (secondary N) is 2. The van der Waals surface area contributed by atoms with Crippen molar-refractivity contribution in [2.45, 2.75) is 39.4 Å². The molecule has 2 amide bonds. The molecule has 1 aromatic rings. The Morgan fingerprint density at radius 1 is 1.23 bits per heavy atom. The molecule has 0 aliphatic carbocycles. The minimum Gasteiger partial charge on any atom is -0.480 e. The van der Waals surface area contributed by atoms with Crippen LogP contribution in [0.5, 0.6) is 0 Å². The van der Waals surface area contributed by atoms with Crippen molar-refractivity contribution >= 4 is 17.8 Å². The van der Waals surface area contributed by atoms with Crippen molar-refractivity contribution in [3.63, 3.8) is 0 Å². The maximum absolute atomic E-state index is 12.6. The predicted molar refractivity (Wildman–Crippen MR) is 85.3 cm³/mol. The summed E-state index contributed by atoms with van der Waals surface area (Å²) in [6, 6.07) is 0.552. The highest BCUT2D eigenvalue weighted by Crippen LogP contribution is 2.28. The summed E-state index contributed by atoms with van der Waals surface area (Å²) in [5.41, 5.74) is -1.37. The number of halogens is 3. The van der Waals surface area contributed by atoms with Crippen molar-refractivity contribution in [1.29, 1.82) is 0 Å². The minimum atomic E-state index is -4.62. The van der Waals surface area contributed by atoms with Gasteiger partial charge in [0.05, 0.1) is 17.8 Å². The van der Waals surface area contributed by atoms with E-state index in [1.807, 2.05) is 0 Å². The molecule has 0 aromatic carbocycles. The molecule has 144 valence electrons. The number of amides is 2. The van der Waals surface area contributed by atoms with Gasteiger partial charge in [-0.05, 0) is 31.4 Å². The van der Waals surface area contributed by atoms with Gasteiger partial charge in [-0.25, -0.2) is 9.78 Å². The van der Waals surface area contributed by atoms with Crippen molar-refractivity contribution in [1.82, 2.24) is 15.6 Å². The predicted octanol–water partition coefficient (Wildman–Crippen LogP) is 1.75. The normalized spacial score (nSPS) is 12.6. The molecule has 0 aliphatic rings. The van der Waals surface area contributed by atoms with Crippen LogP contribution < -0.4 is 10.6 Å². The van der Waals surface area contributed by atoms with E-state index in [1.165, 1.54) is 6.92 Å². The second kappa shape index (κ2) is 8.63. The highest BCUT2D eigenvalue weighted by atomic mass is 19.4. The molecular weight excluding hydrogens is 355 g/mol. The summed E-state index contributed by atoms with van der Waals surface area (Å²) in [5.74, 6) is -2.66. The molecule has 26 heavy (non-hydrogen) atoms. The highest BCUT2D eigenvalue weighted by Gasteiger charge is 2.33. The fourth-order valence-electron chi connectivity index (χ4n) is 2.15. The van der Waals surface area contributed by atoms with Crippen LogP contribution in [-0.2, 0) is 15.8 Å². The molecule has 1 rings (SSSR count). The van der Waals surface area contributed by atoms with Crippen LogP contribution in [0.3, 0.4) is 0 Å². The van der Waals surface area contributed by atoms with Gasteiger partial charge in [0, 0.05) is 0 Å². The Labute approximate surface area is 148 Å². The maximum Gasteiger partial charge on any atom is 0.433 e. The number of rotatable bonds is 7. The molecular formula is C16H20F3N3O4. The van der Waals surface area contributed by atoms with E-state index in [9.17, 15) is 27.6 Å².